The molecule has 3 aromatic rings. The molecule has 0 saturated heterocycles. The van der Waals surface area contributed by atoms with E-state index < -0.39 is 20.9 Å². The maximum atomic E-state index is 12.7. The summed E-state index contributed by atoms with van der Waals surface area (Å²) in [6.45, 7) is 0. The SMILES string of the molecule is COC(=O)c1nc(-c2ccccc2)oc1S(=O)(=O)Cc1ccccc1. The second-order valence-corrected chi connectivity index (χ2v) is 7.15. The van der Waals surface area contributed by atoms with Gasteiger partial charge in [0.15, 0.2) is 0 Å². The third-order valence-corrected chi connectivity index (χ3v) is 5.03. The molecule has 6 nitrogen and oxygen atoms in total. The highest BCUT2D eigenvalue weighted by atomic mass is 32.2. The second-order valence-electron chi connectivity index (χ2n) is 5.26. The first kappa shape index (κ1) is 16.9. The van der Waals surface area contributed by atoms with E-state index in [9.17, 15) is 13.2 Å². The average Bonchev–Trinajstić information content (AvgIpc) is 3.09. The van der Waals surface area contributed by atoms with Crippen LogP contribution in [0.3, 0.4) is 0 Å². The normalized spacial score (nSPS) is 11.2. The van der Waals surface area contributed by atoms with Crippen molar-refractivity contribution in [3.8, 4) is 11.5 Å². The topological polar surface area (TPSA) is 86.5 Å². The summed E-state index contributed by atoms with van der Waals surface area (Å²) in [5.74, 6) is -1.12. The fraction of sp³-hybridized carbons (Fsp3) is 0.111. The van der Waals surface area contributed by atoms with Gasteiger partial charge in [-0.1, -0.05) is 48.5 Å². The number of hydrogen-bond acceptors (Lipinski definition) is 6. The molecule has 7 heteroatoms. The van der Waals surface area contributed by atoms with Gasteiger partial charge in [-0.25, -0.2) is 18.2 Å². The van der Waals surface area contributed by atoms with Crippen LogP contribution in [0.4, 0.5) is 0 Å². The van der Waals surface area contributed by atoms with Gasteiger partial charge in [-0.3, -0.25) is 0 Å². The molecular formula is C18H15NO5S. The minimum atomic E-state index is -3.92. The summed E-state index contributed by atoms with van der Waals surface area (Å²) in [7, 11) is -2.76. The molecule has 0 saturated carbocycles. The van der Waals surface area contributed by atoms with Crippen molar-refractivity contribution in [1.29, 1.82) is 0 Å². The molecule has 0 radical (unpaired) electrons. The number of carbonyl (C=O) groups excluding carboxylic acids is 1. The van der Waals surface area contributed by atoms with Crippen molar-refractivity contribution < 1.29 is 22.4 Å². The van der Waals surface area contributed by atoms with Gasteiger partial charge in [-0.05, 0) is 17.7 Å². The first-order chi connectivity index (χ1) is 12.0. The fourth-order valence-corrected chi connectivity index (χ4v) is 3.70. The van der Waals surface area contributed by atoms with Crippen LogP contribution in [0, 0.1) is 0 Å². The number of aromatic nitrogens is 1. The molecule has 0 aliphatic rings. The third kappa shape index (κ3) is 3.61. The predicted molar refractivity (Wildman–Crippen MR) is 90.6 cm³/mol. The zero-order valence-electron chi connectivity index (χ0n) is 13.4. The van der Waals surface area contributed by atoms with Gasteiger partial charge in [0.1, 0.15) is 0 Å². The van der Waals surface area contributed by atoms with E-state index in [-0.39, 0.29) is 17.3 Å². The molecule has 0 atom stereocenters. The number of oxazole rings is 1. The van der Waals surface area contributed by atoms with Crippen LogP contribution in [0.15, 0.2) is 70.2 Å². The van der Waals surface area contributed by atoms with E-state index in [0.717, 1.165) is 7.11 Å². The number of carbonyl (C=O) groups is 1. The monoisotopic (exact) mass is 357 g/mol. The Kier molecular flexibility index (Phi) is 4.67. The Labute approximate surface area is 145 Å². The Morgan fingerprint density at radius 2 is 1.64 bits per heavy atom. The Morgan fingerprint density at radius 3 is 2.24 bits per heavy atom. The quantitative estimate of drug-likeness (QED) is 0.652. The van der Waals surface area contributed by atoms with Gasteiger partial charge in [0, 0.05) is 5.56 Å². The summed E-state index contributed by atoms with van der Waals surface area (Å²) in [5.41, 5.74) is 0.794. The molecule has 3 rings (SSSR count). The number of methoxy groups -OCH3 is 1. The molecular weight excluding hydrogens is 342 g/mol. The second kappa shape index (κ2) is 6.90. The highest BCUT2D eigenvalue weighted by molar-refractivity contribution is 7.90. The zero-order valence-corrected chi connectivity index (χ0v) is 14.2. The lowest BCUT2D eigenvalue weighted by Gasteiger charge is -2.03. The summed E-state index contributed by atoms with van der Waals surface area (Å²) < 4.78 is 35.6. The van der Waals surface area contributed by atoms with Crippen molar-refractivity contribution in [2.75, 3.05) is 7.11 Å². The van der Waals surface area contributed by atoms with Crippen LogP contribution < -0.4 is 0 Å². The molecule has 1 heterocycles. The molecule has 2 aromatic carbocycles. The van der Waals surface area contributed by atoms with Gasteiger partial charge in [0.05, 0.1) is 12.9 Å². The van der Waals surface area contributed by atoms with Gasteiger partial charge in [0.25, 0.3) is 5.09 Å². The number of rotatable bonds is 5. The molecule has 0 aliphatic heterocycles. The van der Waals surface area contributed by atoms with Crippen LogP contribution in [0.2, 0.25) is 0 Å². The van der Waals surface area contributed by atoms with Gasteiger partial charge >= 0.3 is 5.97 Å². The van der Waals surface area contributed by atoms with E-state index in [4.69, 9.17) is 4.42 Å². The van der Waals surface area contributed by atoms with Crippen LogP contribution in [0.5, 0.6) is 0 Å². The van der Waals surface area contributed by atoms with Crippen LogP contribution >= 0.6 is 0 Å². The number of ether oxygens (including phenoxy) is 1. The number of hydrogen-bond donors (Lipinski definition) is 0. The molecule has 0 amide bonds. The van der Waals surface area contributed by atoms with Gasteiger partial charge in [-0.2, -0.15) is 0 Å². The summed E-state index contributed by atoms with van der Waals surface area (Å²) in [5, 5.41) is -0.484. The Morgan fingerprint density at radius 1 is 1.04 bits per heavy atom. The Hall–Kier alpha value is -2.93. The first-order valence-electron chi connectivity index (χ1n) is 7.42. The van der Waals surface area contributed by atoms with Crippen molar-refractivity contribution >= 4 is 15.8 Å². The molecule has 0 unspecified atom stereocenters. The summed E-state index contributed by atoms with van der Waals surface area (Å²) in [4.78, 5) is 16.0. The molecule has 0 spiro atoms. The van der Waals surface area contributed by atoms with Crippen LogP contribution in [-0.2, 0) is 20.3 Å². The van der Waals surface area contributed by atoms with Crippen LogP contribution in [0.25, 0.3) is 11.5 Å². The number of esters is 1. The fourth-order valence-electron chi connectivity index (χ4n) is 2.31. The van der Waals surface area contributed by atoms with E-state index in [1.54, 1.807) is 60.7 Å². The van der Waals surface area contributed by atoms with Gasteiger partial charge < -0.3 is 9.15 Å². The lowest BCUT2D eigenvalue weighted by atomic mass is 10.2. The first-order valence-corrected chi connectivity index (χ1v) is 9.08. The van der Waals surface area contributed by atoms with Crippen LogP contribution in [-0.4, -0.2) is 26.5 Å². The van der Waals surface area contributed by atoms with Gasteiger partial charge in [0.2, 0.25) is 21.4 Å². The third-order valence-electron chi connectivity index (χ3n) is 3.48. The highest BCUT2D eigenvalue weighted by Gasteiger charge is 2.31. The smallest absolute Gasteiger partial charge is 0.361 e. The molecule has 0 fully saturated rings. The lowest BCUT2D eigenvalue weighted by molar-refractivity contribution is 0.0587. The molecule has 25 heavy (non-hydrogen) atoms. The molecule has 0 N–H and O–H groups in total. The number of benzene rings is 2. The van der Waals surface area contributed by atoms with E-state index in [2.05, 4.69) is 9.72 Å². The van der Waals surface area contributed by atoms with E-state index in [1.807, 2.05) is 0 Å². The Bertz CT molecular complexity index is 979. The van der Waals surface area contributed by atoms with Crippen molar-refractivity contribution in [2.45, 2.75) is 10.8 Å². The van der Waals surface area contributed by atoms with E-state index in [0.29, 0.717) is 11.1 Å². The molecule has 1 aromatic heterocycles. The van der Waals surface area contributed by atoms with Crippen LogP contribution in [0.1, 0.15) is 16.1 Å². The maximum absolute atomic E-state index is 12.7. The zero-order chi connectivity index (χ0) is 17.9. The average molecular weight is 357 g/mol. The largest absolute Gasteiger partial charge is 0.464 e. The summed E-state index contributed by atoms with van der Waals surface area (Å²) >= 11 is 0. The summed E-state index contributed by atoms with van der Waals surface area (Å²) in [6.07, 6.45) is 0. The molecule has 128 valence electrons. The highest BCUT2D eigenvalue weighted by Crippen LogP contribution is 2.28. The lowest BCUT2D eigenvalue weighted by Crippen LogP contribution is -2.11. The number of sulfone groups is 1. The Balaban J connectivity index is 2.07. The predicted octanol–water partition coefficient (Wildman–Crippen LogP) is 3.10. The maximum Gasteiger partial charge on any atom is 0.361 e. The van der Waals surface area contributed by atoms with Crippen molar-refractivity contribution in [3.05, 3.63) is 71.9 Å². The molecule has 0 bridgehead atoms. The van der Waals surface area contributed by atoms with Crippen molar-refractivity contribution in [2.24, 2.45) is 0 Å². The minimum absolute atomic E-state index is 0.0487. The van der Waals surface area contributed by atoms with E-state index >= 15 is 0 Å². The number of nitrogens with zero attached hydrogens (tertiary/aromatic N) is 1. The summed E-state index contributed by atoms with van der Waals surface area (Å²) in [6, 6.07) is 17.4. The van der Waals surface area contributed by atoms with Crippen molar-refractivity contribution in [1.82, 2.24) is 4.98 Å². The van der Waals surface area contributed by atoms with Crippen molar-refractivity contribution in [3.63, 3.8) is 0 Å². The van der Waals surface area contributed by atoms with E-state index in [1.165, 1.54) is 0 Å². The standard InChI is InChI=1S/C18H15NO5S/c1-23-17(20)15-18(24-16(19-15)14-10-6-3-7-11-14)25(21,22)12-13-8-4-2-5-9-13/h2-11H,12H2,1H3. The molecule has 0 aliphatic carbocycles. The minimum Gasteiger partial charge on any atom is -0.464 e. The van der Waals surface area contributed by atoms with Gasteiger partial charge in [-0.15, -0.1) is 0 Å².